The maximum absolute atomic E-state index is 7.27. The van der Waals surface area contributed by atoms with Crippen LogP contribution in [0.2, 0.25) is 0 Å². The number of hydrogen-bond donors (Lipinski definition) is 0. The zero-order chi connectivity index (χ0) is 41.5. The molecular weight excluding hydrogens is 793 g/mol. The SMILES string of the molecule is C=C/C=c1\c(=C2/CN(c3cccc(C4=C[C@H]5c6ccccc6SC5C=C4)c3)c3ccccc32)oc2c1ccc1c2c2ccccc2n1/C=C/C1c2ccccc2S[C@]1(C=C)CC. The molecule has 2 aromatic heterocycles. The summed E-state index contributed by atoms with van der Waals surface area (Å²) in [5.41, 5.74) is 14.1. The Morgan fingerprint density at radius 3 is 2.48 bits per heavy atom. The van der Waals surface area contributed by atoms with Crippen LogP contribution in [0.5, 0.6) is 0 Å². The van der Waals surface area contributed by atoms with Crippen molar-refractivity contribution in [2.75, 3.05) is 11.4 Å². The normalized spacial score (nSPS) is 22.4. The molecule has 3 aliphatic heterocycles. The number of fused-ring (bicyclic) bond motifs is 10. The van der Waals surface area contributed by atoms with Crippen LogP contribution in [0.4, 0.5) is 11.4 Å². The molecule has 5 heteroatoms. The summed E-state index contributed by atoms with van der Waals surface area (Å²) in [7, 11) is 0. The number of para-hydroxylation sites is 2. The summed E-state index contributed by atoms with van der Waals surface area (Å²) in [6.07, 6.45) is 19.0. The minimum Gasteiger partial charge on any atom is -0.455 e. The molecule has 8 aromatic rings. The number of furan rings is 1. The van der Waals surface area contributed by atoms with Crippen LogP contribution in [0.25, 0.3) is 56.2 Å². The molecular formula is C57H44N2OS2. The molecule has 5 heterocycles. The topological polar surface area (TPSA) is 21.3 Å². The Labute approximate surface area is 370 Å². The largest absolute Gasteiger partial charge is 0.455 e. The van der Waals surface area contributed by atoms with Crippen molar-refractivity contribution in [3.63, 3.8) is 0 Å². The van der Waals surface area contributed by atoms with Crippen LogP contribution in [0.1, 0.15) is 47.4 Å². The fraction of sp³-hybridized carbons (Fsp3) is 0.123. The molecule has 0 saturated carbocycles. The molecule has 0 saturated heterocycles. The standard InChI is InChI=1S/C57H44N2OS2/c1-4-16-41-42-28-29-50-54(44-22-8-12-24-49(44)58(50)32-31-47-43-21-10-14-26-53(43)62-57(47,5-2)6-3)56(42)60-55(41)46-35-59(48-23-11-7-19-39(46)48)38-18-15-17-36(33-38)37-27-30-52-45(34-37)40-20-9-13-25-51(40)61-52/h4-5,7-34,45,47,52H,1-2,6,35H2,3H3/b32-31+,41-16-,55-46-/t45-,47?,52?,57+/m0/s1. The molecule has 0 radical (unpaired) electrons. The van der Waals surface area contributed by atoms with Gasteiger partial charge in [0.25, 0.3) is 0 Å². The first kappa shape index (κ1) is 37.4. The van der Waals surface area contributed by atoms with Gasteiger partial charge in [0.2, 0.25) is 0 Å². The number of anilines is 2. The highest BCUT2D eigenvalue weighted by atomic mass is 32.2. The van der Waals surface area contributed by atoms with E-state index in [-0.39, 0.29) is 10.7 Å². The summed E-state index contributed by atoms with van der Waals surface area (Å²) < 4.78 is 9.53. The predicted octanol–water partition coefficient (Wildman–Crippen LogP) is 13.8. The molecule has 6 aromatic carbocycles. The predicted molar refractivity (Wildman–Crippen MR) is 265 cm³/mol. The summed E-state index contributed by atoms with van der Waals surface area (Å²) in [6, 6.07) is 48.7. The van der Waals surface area contributed by atoms with Crippen LogP contribution >= 0.6 is 23.5 Å². The van der Waals surface area contributed by atoms with E-state index in [9.17, 15) is 0 Å². The van der Waals surface area contributed by atoms with Crippen LogP contribution in [0.15, 0.2) is 197 Å². The molecule has 0 amide bonds. The minimum absolute atomic E-state index is 0.100. The van der Waals surface area contributed by atoms with Crippen LogP contribution < -0.4 is 15.5 Å². The molecule has 62 heavy (non-hydrogen) atoms. The van der Waals surface area contributed by atoms with Gasteiger partial charge in [0, 0.05) is 76.3 Å². The van der Waals surface area contributed by atoms with Crippen molar-refractivity contribution in [3.05, 3.63) is 216 Å². The van der Waals surface area contributed by atoms with Crippen molar-refractivity contribution in [1.29, 1.82) is 0 Å². The Morgan fingerprint density at radius 2 is 1.61 bits per heavy atom. The number of nitrogens with zero attached hydrogens (tertiary/aromatic N) is 2. The minimum atomic E-state index is -0.100. The summed E-state index contributed by atoms with van der Waals surface area (Å²) in [5, 5.41) is 4.89. The highest BCUT2D eigenvalue weighted by molar-refractivity contribution is 8.01. The quantitative estimate of drug-likeness (QED) is 0.149. The van der Waals surface area contributed by atoms with E-state index in [0.717, 1.165) is 50.1 Å². The van der Waals surface area contributed by atoms with Gasteiger partial charge in [0.1, 0.15) is 11.0 Å². The molecule has 0 bridgehead atoms. The Bertz CT molecular complexity index is 3420. The van der Waals surface area contributed by atoms with Gasteiger partial charge in [-0.15, -0.1) is 30.1 Å². The summed E-state index contributed by atoms with van der Waals surface area (Å²) in [5.74, 6) is 0.586. The lowest BCUT2D eigenvalue weighted by Crippen LogP contribution is -2.25. The van der Waals surface area contributed by atoms with Crippen molar-refractivity contribution < 1.29 is 4.42 Å². The molecule has 0 fully saturated rings. The number of rotatable bonds is 7. The lowest BCUT2D eigenvalue weighted by atomic mass is 9.84. The fourth-order valence-corrected chi connectivity index (χ4v) is 13.3. The first-order valence-corrected chi connectivity index (χ1v) is 23.3. The van der Waals surface area contributed by atoms with Gasteiger partial charge in [-0.25, -0.2) is 0 Å². The highest BCUT2D eigenvalue weighted by Gasteiger charge is 2.42. The molecule has 1 aliphatic carbocycles. The molecule has 300 valence electrons. The smallest absolute Gasteiger partial charge is 0.145 e. The number of allylic oxidation sites excluding steroid dienone is 5. The van der Waals surface area contributed by atoms with Crippen LogP contribution in [0.3, 0.4) is 0 Å². The first-order valence-electron chi connectivity index (χ1n) is 21.6. The average molecular weight is 837 g/mol. The van der Waals surface area contributed by atoms with Gasteiger partial charge >= 0.3 is 0 Å². The Hall–Kier alpha value is -6.40. The van der Waals surface area contributed by atoms with E-state index >= 15 is 0 Å². The van der Waals surface area contributed by atoms with E-state index in [1.54, 1.807) is 0 Å². The maximum atomic E-state index is 7.27. The van der Waals surface area contributed by atoms with Gasteiger partial charge in [-0.2, -0.15) is 0 Å². The van der Waals surface area contributed by atoms with E-state index in [2.05, 4.69) is 206 Å². The third kappa shape index (κ3) is 5.61. The summed E-state index contributed by atoms with van der Waals surface area (Å²) in [4.78, 5) is 5.18. The molecule has 4 aliphatic rings. The highest BCUT2D eigenvalue weighted by Crippen LogP contribution is 2.56. The number of thioether (sulfide) groups is 2. The van der Waals surface area contributed by atoms with Gasteiger partial charge in [-0.05, 0) is 77.2 Å². The van der Waals surface area contributed by atoms with E-state index < -0.39 is 0 Å². The monoisotopic (exact) mass is 836 g/mol. The van der Waals surface area contributed by atoms with Crippen LogP contribution in [-0.2, 0) is 0 Å². The zero-order valence-electron chi connectivity index (χ0n) is 34.5. The van der Waals surface area contributed by atoms with Crippen LogP contribution in [0, 0.1) is 0 Å². The summed E-state index contributed by atoms with van der Waals surface area (Å²) in [6.45, 7) is 11.5. The number of aromatic nitrogens is 1. The van der Waals surface area contributed by atoms with Gasteiger partial charge in [-0.3, -0.25) is 0 Å². The van der Waals surface area contributed by atoms with E-state index in [1.165, 1.54) is 54.3 Å². The second-order valence-corrected chi connectivity index (χ2v) is 19.3. The molecule has 2 unspecified atom stereocenters. The zero-order valence-corrected chi connectivity index (χ0v) is 36.1. The third-order valence-corrected chi connectivity index (χ3v) is 16.6. The van der Waals surface area contributed by atoms with Gasteiger partial charge in [0.15, 0.2) is 0 Å². The Kier molecular flexibility index (Phi) is 8.81. The van der Waals surface area contributed by atoms with Crippen molar-refractivity contribution in [2.45, 2.75) is 45.0 Å². The number of benzene rings is 6. The van der Waals surface area contributed by atoms with E-state index in [4.69, 9.17) is 4.42 Å². The fourth-order valence-electron chi connectivity index (χ4n) is 10.5. The average Bonchev–Trinajstić information content (AvgIpc) is 4.13. The lowest BCUT2D eigenvalue weighted by molar-refractivity contribution is 0.575. The summed E-state index contributed by atoms with van der Waals surface area (Å²) >= 11 is 3.92. The van der Waals surface area contributed by atoms with Crippen molar-refractivity contribution in [1.82, 2.24) is 4.57 Å². The second-order valence-electron chi connectivity index (χ2n) is 16.7. The van der Waals surface area contributed by atoms with Gasteiger partial charge in [-0.1, -0.05) is 141 Å². The van der Waals surface area contributed by atoms with Crippen LogP contribution in [-0.4, -0.2) is 21.1 Å². The Balaban J connectivity index is 0.991. The molecule has 3 nitrogen and oxygen atoms in total. The lowest BCUT2D eigenvalue weighted by Gasteiger charge is -2.28. The first-order chi connectivity index (χ1) is 30.6. The van der Waals surface area contributed by atoms with Crippen molar-refractivity contribution in [3.8, 4) is 0 Å². The van der Waals surface area contributed by atoms with Gasteiger partial charge < -0.3 is 13.9 Å². The van der Waals surface area contributed by atoms with E-state index in [1.807, 2.05) is 29.6 Å². The van der Waals surface area contributed by atoms with Gasteiger partial charge in [0.05, 0.1) is 23.0 Å². The molecule has 0 N–H and O–H groups in total. The second kappa shape index (κ2) is 14.6. The third-order valence-electron chi connectivity index (χ3n) is 13.6. The molecule has 4 atom stereocenters. The number of hydrogen-bond acceptors (Lipinski definition) is 4. The molecule has 12 rings (SSSR count). The van der Waals surface area contributed by atoms with Crippen molar-refractivity contribution in [2.24, 2.45) is 0 Å². The maximum Gasteiger partial charge on any atom is 0.145 e. The van der Waals surface area contributed by atoms with Crippen molar-refractivity contribution >= 4 is 91.1 Å². The Morgan fingerprint density at radius 1 is 0.806 bits per heavy atom. The van der Waals surface area contributed by atoms with E-state index in [0.29, 0.717) is 17.7 Å². The molecule has 0 spiro atoms.